The second kappa shape index (κ2) is 8.75. The number of aromatic nitrogens is 1. The van der Waals surface area contributed by atoms with Crippen LogP contribution in [0.1, 0.15) is 39.6 Å². The standard InChI is InChI=1S/C21H22N2O4S2/c1-14(16-7-9-20(10-8-16)29(3,25)26)22-21(24)17-5-4-6-19(11-17)27-12-18-13-28-15(2)23-18/h4-11,13-14H,12H2,1-3H3,(H,22,24)/t14-/m1/s1. The van der Waals surface area contributed by atoms with Crippen molar-refractivity contribution in [3.05, 3.63) is 75.7 Å². The van der Waals surface area contributed by atoms with Crippen LogP contribution >= 0.6 is 11.3 Å². The summed E-state index contributed by atoms with van der Waals surface area (Å²) in [5.74, 6) is 0.355. The maximum absolute atomic E-state index is 12.6. The summed E-state index contributed by atoms with van der Waals surface area (Å²) in [4.78, 5) is 17.2. The minimum absolute atomic E-state index is 0.236. The zero-order valence-corrected chi connectivity index (χ0v) is 18.0. The van der Waals surface area contributed by atoms with E-state index in [1.165, 1.54) is 0 Å². The number of hydrogen-bond acceptors (Lipinski definition) is 6. The number of hydrogen-bond donors (Lipinski definition) is 1. The third-order valence-corrected chi connectivity index (χ3v) is 6.26. The SMILES string of the molecule is Cc1nc(COc2cccc(C(=O)N[C@H](C)c3ccc(S(C)(=O)=O)cc3)c2)cs1. The molecule has 3 rings (SSSR count). The summed E-state index contributed by atoms with van der Waals surface area (Å²) >= 11 is 1.57. The first-order valence-corrected chi connectivity index (χ1v) is 11.7. The third-order valence-electron chi connectivity index (χ3n) is 4.31. The average Bonchev–Trinajstić information content (AvgIpc) is 3.11. The summed E-state index contributed by atoms with van der Waals surface area (Å²) in [6, 6.07) is 13.2. The van der Waals surface area contributed by atoms with Crippen molar-refractivity contribution in [2.45, 2.75) is 31.4 Å². The number of carbonyl (C=O) groups excluding carboxylic acids is 1. The van der Waals surface area contributed by atoms with E-state index in [0.29, 0.717) is 17.9 Å². The minimum Gasteiger partial charge on any atom is -0.487 e. The molecule has 3 aromatic rings. The predicted octanol–water partition coefficient (Wildman–Crippen LogP) is 3.93. The first-order chi connectivity index (χ1) is 13.7. The number of thiazole rings is 1. The molecule has 1 amide bonds. The molecule has 0 unspecified atom stereocenters. The van der Waals surface area contributed by atoms with Gasteiger partial charge in [-0.3, -0.25) is 4.79 Å². The highest BCUT2D eigenvalue weighted by Crippen LogP contribution is 2.19. The van der Waals surface area contributed by atoms with Crippen LogP contribution in [-0.4, -0.2) is 25.6 Å². The maximum atomic E-state index is 12.6. The molecular formula is C21H22N2O4S2. The highest BCUT2D eigenvalue weighted by molar-refractivity contribution is 7.90. The Bertz CT molecular complexity index is 1110. The molecule has 0 radical (unpaired) electrons. The van der Waals surface area contributed by atoms with Gasteiger partial charge in [0.2, 0.25) is 0 Å². The molecule has 1 heterocycles. The first kappa shape index (κ1) is 21.0. The van der Waals surface area contributed by atoms with Gasteiger partial charge in [0.25, 0.3) is 5.91 Å². The molecule has 0 bridgehead atoms. The Kier molecular flexibility index (Phi) is 6.34. The largest absolute Gasteiger partial charge is 0.487 e. The average molecular weight is 431 g/mol. The summed E-state index contributed by atoms with van der Waals surface area (Å²) in [7, 11) is -3.25. The second-order valence-corrected chi connectivity index (χ2v) is 9.79. The fourth-order valence-corrected chi connectivity index (χ4v) is 3.95. The Morgan fingerprint density at radius 2 is 1.93 bits per heavy atom. The van der Waals surface area contributed by atoms with E-state index < -0.39 is 9.84 Å². The summed E-state index contributed by atoms with van der Waals surface area (Å²) in [6.45, 7) is 4.13. The van der Waals surface area contributed by atoms with Crippen LogP contribution in [0, 0.1) is 6.92 Å². The molecule has 8 heteroatoms. The molecule has 0 fully saturated rings. The fourth-order valence-electron chi connectivity index (χ4n) is 2.73. The Labute approximate surface area is 174 Å². The van der Waals surface area contributed by atoms with Crippen molar-refractivity contribution in [2.75, 3.05) is 6.26 Å². The number of carbonyl (C=O) groups is 1. The van der Waals surface area contributed by atoms with E-state index in [2.05, 4.69) is 10.3 Å². The third kappa shape index (κ3) is 5.65. The van der Waals surface area contributed by atoms with Gasteiger partial charge < -0.3 is 10.1 Å². The van der Waals surface area contributed by atoms with Crippen molar-refractivity contribution >= 4 is 27.1 Å². The van der Waals surface area contributed by atoms with Crippen molar-refractivity contribution in [2.24, 2.45) is 0 Å². The van der Waals surface area contributed by atoms with Crippen LogP contribution in [0.3, 0.4) is 0 Å². The lowest BCUT2D eigenvalue weighted by Gasteiger charge is -2.15. The molecule has 0 saturated heterocycles. The van der Waals surface area contributed by atoms with Crippen LogP contribution in [0.4, 0.5) is 0 Å². The number of sulfone groups is 1. The van der Waals surface area contributed by atoms with Crippen molar-refractivity contribution in [1.29, 1.82) is 0 Å². The minimum atomic E-state index is -3.25. The quantitative estimate of drug-likeness (QED) is 0.614. The van der Waals surface area contributed by atoms with Crippen LogP contribution in [0.25, 0.3) is 0 Å². The number of benzene rings is 2. The van der Waals surface area contributed by atoms with Crippen LogP contribution in [-0.2, 0) is 16.4 Å². The lowest BCUT2D eigenvalue weighted by Crippen LogP contribution is -2.26. The Hall–Kier alpha value is -2.71. The molecule has 1 N–H and O–H groups in total. The Morgan fingerprint density at radius 3 is 2.55 bits per heavy atom. The number of ether oxygens (including phenoxy) is 1. The Morgan fingerprint density at radius 1 is 1.21 bits per heavy atom. The number of rotatable bonds is 7. The smallest absolute Gasteiger partial charge is 0.251 e. The lowest BCUT2D eigenvalue weighted by molar-refractivity contribution is 0.0939. The van der Waals surface area contributed by atoms with Gasteiger partial charge >= 0.3 is 0 Å². The number of nitrogens with zero attached hydrogens (tertiary/aromatic N) is 1. The normalized spacial score (nSPS) is 12.4. The molecule has 152 valence electrons. The highest BCUT2D eigenvalue weighted by atomic mass is 32.2. The van der Waals surface area contributed by atoms with E-state index in [-0.39, 0.29) is 16.8 Å². The van der Waals surface area contributed by atoms with Crippen LogP contribution in [0.15, 0.2) is 58.8 Å². The van der Waals surface area contributed by atoms with E-state index in [1.807, 2.05) is 19.2 Å². The van der Waals surface area contributed by atoms with E-state index in [9.17, 15) is 13.2 Å². The maximum Gasteiger partial charge on any atom is 0.251 e. The van der Waals surface area contributed by atoms with Crippen molar-refractivity contribution in [3.63, 3.8) is 0 Å². The molecule has 1 aromatic heterocycles. The highest BCUT2D eigenvalue weighted by Gasteiger charge is 2.14. The van der Waals surface area contributed by atoms with Gasteiger partial charge in [-0.05, 0) is 49.7 Å². The molecule has 0 spiro atoms. The molecule has 0 saturated carbocycles. The summed E-state index contributed by atoms with van der Waals surface area (Å²) in [6.07, 6.45) is 1.16. The molecular weight excluding hydrogens is 408 g/mol. The van der Waals surface area contributed by atoms with Crippen LogP contribution in [0.2, 0.25) is 0 Å². The van der Waals surface area contributed by atoms with Crippen molar-refractivity contribution in [3.8, 4) is 5.75 Å². The number of amides is 1. The van der Waals surface area contributed by atoms with Gasteiger partial charge in [0.1, 0.15) is 12.4 Å². The van der Waals surface area contributed by atoms with Gasteiger partial charge in [0, 0.05) is 17.2 Å². The summed E-state index contributed by atoms with van der Waals surface area (Å²) in [5, 5.41) is 5.85. The molecule has 0 aliphatic rings. The Balaban J connectivity index is 1.64. The predicted molar refractivity (Wildman–Crippen MR) is 113 cm³/mol. The van der Waals surface area contributed by atoms with E-state index in [0.717, 1.165) is 22.5 Å². The molecule has 29 heavy (non-hydrogen) atoms. The van der Waals surface area contributed by atoms with E-state index in [1.54, 1.807) is 59.9 Å². The molecule has 1 atom stereocenters. The summed E-state index contributed by atoms with van der Waals surface area (Å²) < 4.78 is 28.9. The lowest BCUT2D eigenvalue weighted by atomic mass is 10.1. The van der Waals surface area contributed by atoms with E-state index in [4.69, 9.17) is 4.74 Å². The molecule has 0 aliphatic carbocycles. The van der Waals surface area contributed by atoms with Crippen molar-refractivity contribution in [1.82, 2.24) is 10.3 Å². The first-order valence-electron chi connectivity index (χ1n) is 8.97. The molecule has 0 aliphatic heterocycles. The zero-order chi connectivity index (χ0) is 21.0. The van der Waals surface area contributed by atoms with Gasteiger partial charge in [-0.25, -0.2) is 13.4 Å². The van der Waals surface area contributed by atoms with Gasteiger partial charge in [-0.1, -0.05) is 18.2 Å². The van der Waals surface area contributed by atoms with Gasteiger partial charge in [0.05, 0.1) is 21.6 Å². The topological polar surface area (TPSA) is 85.4 Å². The fraction of sp³-hybridized carbons (Fsp3) is 0.238. The van der Waals surface area contributed by atoms with Gasteiger partial charge in [-0.2, -0.15) is 0 Å². The zero-order valence-electron chi connectivity index (χ0n) is 16.4. The second-order valence-electron chi connectivity index (χ2n) is 6.71. The van der Waals surface area contributed by atoms with E-state index >= 15 is 0 Å². The molecule has 6 nitrogen and oxygen atoms in total. The van der Waals surface area contributed by atoms with Crippen LogP contribution < -0.4 is 10.1 Å². The van der Waals surface area contributed by atoms with Gasteiger partial charge in [0.15, 0.2) is 9.84 Å². The number of nitrogens with one attached hydrogen (secondary N) is 1. The van der Waals surface area contributed by atoms with Crippen LogP contribution in [0.5, 0.6) is 5.75 Å². The monoisotopic (exact) mass is 430 g/mol. The number of aryl methyl sites for hydroxylation is 1. The van der Waals surface area contributed by atoms with Gasteiger partial charge in [-0.15, -0.1) is 11.3 Å². The summed E-state index contributed by atoms with van der Waals surface area (Å²) in [5.41, 5.74) is 2.15. The molecule has 2 aromatic carbocycles. The van der Waals surface area contributed by atoms with Crippen molar-refractivity contribution < 1.29 is 17.9 Å².